The van der Waals surface area contributed by atoms with Crippen molar-refractivity contribution in [3.8, 4) is 5.75 Å². The van der Waals surface area contributed by atoms with Crippen molar-refractivity contribution in [3.05, 3.63) is 64.5 Å². The molecule has 3 rings (SSSR count). The standard InChI is InChI=1S/C21H23F4N3O2/c1-26-20(28(2)11-14-3-5-17(6-4-14)21(23,24)25)27-8-7-15-9-18(22)10-16-12-29-13-30-19(15)16/h3-6,9-10H,7-8,11-13H2,1-2H3,(H,26,27). The van der Waals surface area contributed by atoms with Crippen LogP contribution in [0.5, 0.6) is 5.75 Å². The Hall–Kier alpha value is -2.81. The van der Waals surface area contributed by atoms with Gasteiger partial charge < -0.3 is 19.7 Å². The average Bonchev–Trinajstić information content (AvgIpc) is 2.70. The molecule has 162 valence electrons. The smallest absolute Gasteiger partial charge is 0.416 e. The molecule has 1 aliphatic rings. The molecule has 0 atom stereocenters. The van der Waals surface area contributed by atoms with E-state index in [1.165, 1.54) is 24.3 Å². The molecule has 0 saturated heterocycles. The number of aliphatic imine (C=N–C) groups is 1. The fourth-order valence-electron chi connectivity index (χ4n) is 3.28. The first-order valence-corrected chi connectivity index (χ1v) is 9.37. The molecule has 9 heteroatoms. The van der Waals surface area contributed by atoms with Gasteiger partial charge in [-0.2, -0.15) is 13.2 Å². The average molecular weight is 425 g/mol. The molecule has 2 aromatic carbocycles. The monoisotopic (exact) mass is 425 g/mol. The zero-order chi connectivity index (χ0) is 21.7. The van der Waals surface area contributed by atoms with Crippen molar-refractivity contribution in [1.29, 1.82) is 0 Å². The minimum atomic E-state index is -4.35. The lowest BCUT2D eigenvalue weighted by Gasteiger charge is -2.23. The molecule has 0 saturated carbocycles. The quantitative estimate of drug-likeness (QED) is 0.448. The minimum Gasteiger partial charge on any atom is -0.467 e. The molecule has 1 heterocycles. The number of ether oxygens (including phenoxy) is 2. The van der Waals surface area contributed by atoms with Gasteiger partial charge in [-0.1, -0.05) is 12.1 Å². The van der Waals surface area contributed by atoms with Gasteiger partial charge in [-0.3, -0.25) is 4.99 Å². The van der Waals surface area contributed by atoms with Gasteiger partial charge in [-0.25, -0.2) is 4.39 Å². The summed E-state index contributed by atoms with van der Waals surface area (Å²) in [5, 5.41) is 3.19. The topological polar surface area (TPSA) is 46.1 Å². The van der Waals surface area contributed by atoms with Gasteiger partial charge in [0.05, 0.1) is 12.2 Å². The number of nitrogens with one attached hydrogen (secondary N) is 1. The van der Waals surface area contributed by atoms with Crippen LogP contribution in [0.3, 0.4) is 0 Å². The second-order valence-electron chi connectivity index (χ2n) is 6.94. The Kier molecular flexibility index (Phi) is 6.81. The molecule has 1 N–H and O–H groups in total. The van der Waals surface area contributed by atoms with E-state index in [4.69, 9.17) is 9.47 Å². The van der Waals surface area contributed by atoms with Gasteiger partial charge in [-0.05, 0) is 41.8 Å². The number of guanidine groups is 1. The van der Waals surface area contributed by atoms with E-state index >= 15 is 0 Å². The van der Waals surface area contributed by atoms with Crippen LogP contribution in [0.4, 0.5) is 17.6 Å². The highest BCUT2D eigenvalue weighted by Crippen LogP contribution is 2.30. The molecule has 0 radical (unpaired) electrons. The molecule has 0 spiro atoms. The molecular weight excluding hydrogens is 402 g/mol. The summed E-state index contributed by atoms with van der Waals surface area (Å²) in [7, 11) is 3.41. The van der Waals surface area contributed by atoms with Gasteiger partial charge in [0, 0.05) is 32.7 Å². The second kappa shape index (κ2) is 9.34. The van der Waals surface area contributed by atoms with Crippen LogP contribution in [-0.2, 0) is 30.5 Å². The van der Waals surface area contributed by atoms with Crippen LogP contribution < -0.4 is 10.1 Å². The third kappa shape index (κ3) is 5.41. The van der Waals surface area contributed by atoms with Crippen molar-refractivity contribution in [1.82, 2.24) is 10.2 Å². The second-order valence-corrected chi connectivity index (χ2v) is 6.94. The summed E-state index contributed by atoms with van der Waals surface area (Å²) in [5.74, 6) is 0.878. The number of benzene rings is 2. The molecule has 0 bridgehead atoms. The number of rotatable bonds is 5. The van der Waals surface area contributed by atoms with Crippen molar-refractivity contribution >= 4 is 5.96 Å². The zero-order valence-corrected chi connectivity index (χ0v) is 16.7. The lowest BCUT2D eigenvalue weighted by atomic mass is 10.1. The summed E-state index contributed by atoms with van der Waals surface area (Å²) in [5.41, 5.74) is 1.46. The fourth-order valence-corrected chi connectivity index (χ4v) is 3.28. The largest absolute Gasteiger partial charge is 0.467 e. The van der Waals surface area contributed by atoms with E-state index in [1.807, 2.05) is 0 Å². The van der Waals surface area contributed by atoms with E-state index in [-0.39, 0.29) is 12.6 Å². The first kappa shape index (κ1) is 21.9. The molecule has 0 unspecified atom stereocenters. The Labute approximate surface area is 172 Å². The predicted octanol–water partition coefficient (Wildman–Crippen LogP) is 3.96. The van der Waals surface area contributed by atoms with E-state index in [0.717, 1.165) is 23.3 Å². The van der Waals surface area contributed by atoms with Gasteiger partial charge in [0.1, 0.15) is 11.6 Å². The molecule has 2 aromatic rings. The highest BCUT2D eigenvalue weighted by Gasteiger charge is 2.30. The first-order valence-electron chi connectivity index (χ1n) is 9.37. The van der Waals surface area contributed by atoms with E-state index in [0.29, 0.717) is 43.4 Å². The summed E-state index contributed by atoms with van der Waals surface area (Å²) in [4.78, 5) is 6.00. The maximum Gasteiger partial charge on any atom is 0.416 e. The highest BCUT2D eigenvalue weighted by molar-refractivity contribution is 5.79. The summed E-state index contributed by atoms with van der Waals surface area (Å²) < 4.78 is 62.6. The minimum absolute atomic E-state index is 0.136. The molecule has 0 fully saturated rings. The number of halogens is 4. The summed E-state index contributed by atoms with van der Waals surface area (Å²) in [6, 6.07) is 7.88. The first-order chi connectivity index (χ1) is 14.3. The molecule has 0 aromatic heterocycles. The molecule has 0 aliphatic carbocycles. The molecule has 30 heavy (non-hydrogen) atoms. The van der Waals surface area contributed by atoms with Gasteiger partial charge >= 0.3 is 6.18 Å². The number of alkyl halides is 3. The number of nitrogens with zero attached hydrogens (tertiary/aromatic N) is 2. The van der Waals surface area contributed by atoms with Crippen LogP contribution in [-0.4, -0.2) is 38.3 Å². The lowest BCUT2D eigenvalue weighted by molar-refractivity contribution is -0.137. The van der Waals surface area contributed by atoms with Crippen molar-refractivity contribution < 1.29 is 27.0 Å². The number of fused-ring (bicyclic) bond motifs is 1. The van der Waals surface area contributed by atoms with Gasteiger partial charge in [0.15, 0.2) is 12.8 Å². The Balaban J connectivity index is 1.58. The van der Waals surface area contributed by atoms with Crippen LogP contribution in [0.2, 0.25) is 0 Å². The van der Waals surface area contributed by atoms with Gasteiger partial charge in [0.2, 0.25) is 0 Å². The third-order valence-corrected chi connectivity index (χ3v) is 4.70. The van der Waals surface area contributed by atoms with E-state index < -0.39 is 11.7 Å². The molecule has 0 amide bonds. The normalized spacial score (nSPS) is 14.1. The summed E-state index contributed by atoms with van der Waals surface area (Å²) >= 11 is 0. The summed E-state index contributed by atoms with van der Waals surface area (Å²) in [6.07, 6.45) is -3.85. The van der Waals surface area contributed by atoms with Gasteiger partial charge in [0.25, 0.3) is 0 Å². The van der Waals surface area contributed by atoms with Crippen LogP contribution >= 0.6 is 0 Å². The number of hydrogen-bond acceptors (Lipinski definition) is 3. The van der Waals surface area contributed by atoms with Crippen molar-refractivity contribution in [2.45, 2.75) is 25.7 Å². The van der Waals surface area contributed by atoms with Crippen LogP contribution in [0.15, 0.2) is 41.4 Å². The third-order valence-electron chi connectivity index (χ3n) is 4.70. The van der Waals surface area contributed by atoms with Crippen LogP contribution in [0, 0.1) is 5.82 Å². The fraction of sp³-hybridized carbons (Fsp3) is 0.381. The van der Waals surface area contributed by atoms with Gasteiger partial charge in [-0.15, -0.1) is 0 Å². The SMILES string of the molecule is CN=C(NCCc1cc(F)cc2c1OCOC2)N(C)Cc1ccc(C(F)(F)F)cc1. The van der Waals surface area contributed by atoms with E-state index in [1.54, 1.807) is 19.0 Å². The van der Waals surface area contributed by atoms with Crippen molar-refractivity contribution in [3.63, 3.8) is 0 Å². The maximum atomic E-state index is 13.8. The van der Waals surface area contributed by atoms with Crippen molar-refractivity contribution in [2.75, 3.05) is 27.4 Å². The zero-order valence-electron chi connectivity index (χ0n) is 16.7. The van der Waals surface area contributed by atoms with E-state index in [9.17, 15) is 17.6 Å². The maximum absolute atomic E-state index is 13.8. The van der Waals surface area contributed by atoms with Crippen LogP contribution in [0.1, 0.15) is 22.3 Å². The Bertz CT molecular complexity index is 898. The summed E-state index contributed by atoms with van der Waals surface area (Å²) in [6.45, 7) is 1.30. The van der Waals surface area contributed by atoms with E-state index in [2.05, 4.69) is 10.3 Å². The lowest BCUT2D eigenvalue weighted by Crippen LogP contribution is -2.39. The number of hydrogen-bond donors (Lipinski definition) is 1. The van der Waals surface area contributed by atoms with Crippen LogP contribution in [0.25, 0.3) is 0 Å². The molecule has 5 nitrogen and oxygen atoms in total. The van der Waals surface area contributed by atoms with Crippen molar-refractivity contribution in [2.24, 2.45) is 4.99 Å². The molecular formula is C21H23F4N3O2. The predicted molar refractivity (Wildman–Crippen MR) is 105 cm³/mol. The Morgan fingerprint density at radius 3 is 2.60 bits per heavy atom. The Morgan fingerprint density at radius 1 is 1.20 bits per heavy atom. The Morgan fingerprint density at radius 2 is 1.93 bits per heavy atom. The molecule has 1 aliphatic heterocycles. The highest BCUT2D eigenvalue weighted by atomic mass is 19.4.